The molecule has 1 aliphatic rings. The molecule has 2 atom stereocenters. The first-order valence-corrected chi connectivity index (χ1v) is 5.74. The summed E-state index contributed by atoms with van der Waals surface area (Å²) >= 11 is 0. The summed E-state index contributed by atoms with van der Waals surface area (Å²) < 4.78 is 116. The van der Waals surface area contributed by atoms with Gasteiger partial charge >= 0.3 is 23.9 Å². The lowest BCUT2D eigenvalue weighted by Gasteiger charge is -2.46. The van der Waals surface area contributed by atoms with Crippen LogP contribution >= 0.6 is 0 Å². The van der Waals surface area contributed by atoms with Crippen LogP contribution in [0.1, 0.15) is 13.8 Å². The van der Waals surface area contributed by atoms with Gasteiger partial charge < -0.3 is 10.4 Å². The van der Waals surface area contributed by atoms with Crippen molar-refractivity contribution >= 4 is 5.84 Å². The fraction of sp³-hybridized carbons (Fsp3) is 0.900. The predicted molar refractivity (Wildman–Crippen MR) is 56.1 cm³/mol. The van der Waals surface area contributed by atoms with E-state index in [2.05, 4.69) is 4.99 Å². The molecule has 0 amide bonds. The molecule has 1 aliphatic heterocycles. The van der Waals surface area contributed by atoms with E-state index in [1.807, 2.05) is 0 Å². The van der Waals surface area contributed by atoms with Crippen molar-refractivity contribution in [3.8, 4) is 0 Å². The summed E-state index contributed by atoms with van der Waals surface area (Å²) in [6.07, 6.45) is -6.93. The van der Waals surface area contributed by atoms with E-state index < -0.39 is 48.0 Å². The largest absolute Gasteiger partial charge is 0.460 e. The number of aliphatic imine (C=N–C) groups is 1. The van der Waals surface area contributed by atoms with E-state index in [9.17, 15) is 44.6 Å². The Balaban J connectivity index is 3.41. The SMILES string of the molecule is CC1=NCC(C)C(O)(C(F)(F)C(F)(F)C(F)(F)C(F)(F)F)N1. The zero-order valence-corrected chi connectivity index (χ0v) is 11.1. The quantitative estimate of drug-likeness (QED) is 0.772. The van der Waals surface area contributed by atoms with Gasteiger partial charge in [0.2, 0.25) is 5.72 Å². The van der Waals surface area contributed by atoms with Crippen molar-refractivity contribution in [2.24, 2.45) is 10.9 Å². The fourth-order valence-corrected chi connectivity index (χ4v) is 1.85. The molecule has 1 heterocycles. The molecule has 0 aromatic heterocycles. The second-order valence-corrected chi connectivity index (χ2v) is 4.94. The highest BCUT2D eigenvalue weighted by Gasteiger charge is 2.86. The molecule has 0 fully saturated rings. The summed E-state index contributed by atoms with van der Waals surface area (Å²) in [7, 11) is 0. The molecule has 130 valence electrons. The molecular formula is C10H11F9N2O. The number of alkyl halides is 9. The van der Waals surface area contributed by atoms with E-state index in [0.717, 1.165) is 13.8 Å². The minimum absolute atomic E-state index is 0.508. The first-order chi connectivity index (χ1) is 9.52. The number of aliphatic hydroxyl groups is 1. The van der Waals surface area contributed by atoms with Crippen LogP contribution < -0.4 is 5.32 Å². The maximum Gasteiger partial charge on any atom is 0.460 e. The molecule has 0 aromatic rings. The van der Waals surface area contributed by atoms with E-state index in [-0.39, 0.29) is 0 Å². The first kappa shape index (κ1) is 18.8. The highest BCUT2D eigenvalue weighted by atomic mass is 19.4. The van der Waals surface area contributed by atoms with E-state index in [4.69, 9.17) is 0 Å². The normalized spacial score (nSPS) is 28.2. The van der Waals surface area contributed by atoms with Crippen molar-refractivity contribution in [2.75, 3.05) is 6.54 Å². The average Bonchev–Trinajstić information content (AvgIpc) is 2.32. The van der Waals surface area contributed by atoms with Crippen LogP contribution in [0, 0.1) is 5.92 Å². The van der Waals surface area contributed by atoms with Gasteiger partial charge in [-0.1, -0.05) is 6.92 Å². The molecular weight excluding hydrogens is 335 g/mol. The molecule has 0 aliphatic carbocycles. The molecule has 12 heteroatoms. The molecule has 0 aromatic carbocycles. The van der Waals surface area contributed by atoms with Gasteiger partial charge in [0.1, 0.15) is 0 Å². The number of nitrogens with zero attached hydrogens (tertiary/aromatic N) is 1. The van der Waals surface area contributed by atoms with Gasteiger partial charge in [-0.2, -0.15) is 39.5 Å². The Morgan fingerprint density at radius 2 is 1.50 bits per heavy atom. The monoisotopic (exact) mass is 346 g/mol. The lowest BCUT2D eigenvalue weighted by molar-refractivity contribution is -0.422. The lowest BCUT2D eigenvalue weighted by Crippen LogP contribution is -2.76. The number of halogens is 9. The number of nitrogens with one attached hydrogen (secondary N) is 1. The van der Waals surface area contributed by atoms with Crippen LogP contribution in [0.5, 0.6) is 0 Å². The van der Waals surface area contributed by atoms with Crippen molar-refractivity contribution in [2.45, 2.75) is 43.5 Å². The average molecular weight is 346 g/mol. The van der Waals surface area contributed by atoms with Crippen molar-refractivity contribution in [1.82, 2.24) is 5.32 Å². The third-order valence-corrected chi connectivity index (χ3v) is 3.31. The Kier molecular flexibility index (Phi) is 4.20. The van der Waals surface area contributed by atoms with Crippen molar-refractivity contribution in [3.05, 3.63) is 0 Å². The Hall–Kier alpha value is -1.20. The van der Waals surface area contributed by atoms with Crippen LogP contribution in [-0.4, -0.2) is 47.2 Å². The van der Waals surface area contributed by atoms with Gasteiger partial charge in [0.25, 0.3) is 0 Å². The second kappa shape index (κ2) is 4.90. The minimum Gasteiger partial charge on any atom is -0.365 e. The van der Waals surface area contributed by atoms with E-state index in [0.29, 0.717) is 0 Å². The highest BCUT2D eigenvalue weighted by Crippen LogP contribution is 2.56. The van der Waals surface area contributed by atoms with Gasteiger partial charge in [0.15, 0.2) is 0 Å². The Bertz CT molecular complexity index is 474. The molecule has 1 rings (SSSR count). The molecule has 2 unspecified atom stereocenters. The van der Waals surface area contributed by atoms with Crippen molar-refractivity contribution < 1.29 is 44.6 Å². The molecule has 0 radical (unpaired) electrons. The summed E-state index contributed by atoms with van der Waals surface area (Å²) in [5, 5.41) is 11.1. The Morgan fingerprint density at radius 1 is 1.05 bits per heavy atom. The smallest absolute Gasteiger partial charge is 0.365 e. The predicted octanol–water partition coefficient (Wildman–Crippen LogP) is 2.80. The van der Waals surface area contributed by atoms with Crippen molar-refractivity contribution in [1.29, 1.82) is 0 Å². The maximum absolute atomic E-state index is 13.8. The molecule has 22 heavy (non-hydrogen) atoms. The van der Waals surface area contributed by atoms with Crippen LogP contribution in [-0.2, 0) is 0 Å². The summed E-state index contributed by atoms with van der Waals surface area (Å²) in [6.45, 7) is 1.03. The van der Waals surface area contributed by atoms with Crippen LogP contribution in [0.3, 0.4) is 0 Å². The van der Waals surface area contributed by atoms with Gasteiger partial charge in [-0.15, -0.1) is 0 Å². The topological polar surface area (TPSA) is 44.6 Å². The van der Waals surface area contributed by atoms with Gasteiger partial charge in [-0.3, -0.25) is 4.99 Å². The number of hydrogen-bond acceptors (Lipinski definition) is 3. The number of amidine groups is 1. The molecule has 0 saturated carbocycles. The van der Waals surface area contributed by atoms with Gasteiger partial charge in [-0.25, -0.2) is 0 Å². The Labute approximate surface area is 118 Å². The zero-order chi connectivity index (χ0) is 17.8. The summed E-state index contributed by atoms with van der Waals surface area (Å²) in [5.41, 5.74) is -4.03. The first-order valence-electron chi connectivity index (χ1n) is 5.74. The maximum atomic E-state index is 13.8. The summed E-state index contributed by atoms with van der Waals surface area (Å²) in [5.74, 6) is -22.5. The van der Waals surface area contributed by atoms with Crippen LogP contribution in [0.2, 0.25) is 0 Å². The van der Waals surface area contributed by atoms with E-state index >= 15 is 0 Å². The molecule has 3 nitrogen and oxygen atoms in total. The minimum atomic E-state index is -7.05. The van der Waals surface area contributed by atoms with Crippen LogP contribution in [0.25, 0.3) is 0 Å². The highest BCUT2D eigenvalue weighted by molar-refractivity contribution is 5.81. The van der Waals surface area contributed by atoms with Crippen LogP contribution in [0.4, 0.5) is 39.5 Å². The molecule has 2 N–H and O–H groups in total. The molecule has 0 spiro atoms. The third-order valence-electron chi connectivity index (χ3n) is 3.31. The fourth-order valence-electron chi connectivity index (χ4n) is 1.85. The van der Waals surface area contributed by atoms with Crippen molar-refractivity contribution in [3.63, 3.8) is 0 Å². The van der Waals surface area contributed by atoms with Gasteiger partial charge in [0, 0.05) is 12.5 Å². The van der Waals surface area contributed by atoms with Crippen LogP contribution in [0.15, 0.2) is 4.99 Å². The molecule has 0 saturated heterocycles. The standard InChI is InChI=1S/C10H11F9N2O/c1-4-3-20-5(2)21-6(4,22)7(11,12)8(13,14)9(15,16)10(17,18)19/h4,22H,3H2,1-2H3,(H,20,21). The van der Waals surface area contributed by atoms with Gasteiger partial charge in [-0.05, 0) is 6.92 Å². The second-order valence-electron chi connectivity index (χ2n) is 4.94. The summed E-state index contributed by atoms with van der Waals surface area (Å²) in [6, 6.07) is 0. The lowest BCUT2D eigenvalue weighted by atomic mass is 9.84. The summed E-state index contributed by atoms with van der Waals surface area (Å²) in [4.78, 5) is 3.47. The van der Waals surface area contributed by atoms with Gasteiger partial charge in [0.05, 0.1) is 5.84 Å². The van der Waals surface area contributed by atoms with E-state index in [1.165, 1.54) is 5.32 Å². The Morgan fingerprint density at radius 3 is 1.91 bits per heavy atom. The van der Waals surface area contributed by atoms with E-state index in [1.54, 1.807) is 0 Å². The number of rotatable bonds is 3. The zero-order valence-electron chi connectivity index (χ0n) is 11.1. The number of hydrogen-bond donors (Lipinski definition) is 2. The molecule has 0 bridgehead atoms. The third kappa shape index (κ3) is 2.31.